The lowest BCUT2D eigenvalue weighted by Crippen LogP contribution is -2.22. The molecule has 0 aliphatic carbocycles. The van der Waals surface area contributed by atoms with Gasteiger partial charge < -0.3 is 4.74 Å². The van der Waals surface area contributed by atoms with E-state index in [1.165, 1.54) is 24.0 Å². The molecule has 0 spiro atoms. The van der Waals surface area contributed by atoms with Gasteiger partial charge in [0.2, 0.25) is 0 Å². The van der Waals surface area contributed by atoms with Crippen molar-refractivity contribution >= 4 is 27.3 Å². The number of benzene rings is 2. The van der Waals surface area contributed by atoms with Crippen molar-refractivity contribution in [2.45, 2.75) is 25.4 Å². The van der Waals surface area contributed by atoms with Crippen molar-refractivity contribution in [2.24, 2.45) is 0 Å². The van der Waals surface area contributed by atoms with Gasteiger partial charge in [-0.25, -0.2) is 4.98 Å². The summed E-state index contributed by atoms with van der Waals surface area (Å²) >= 11 is 5.26. The molecule has 26 heavy (non-hydrogen) atoms. The van der Waals surface area contributed by atoms with Crippen LogP contribution >= 0.6 is 27.3 Å². The van der Waals surface area contributed by atoms with E-state index in [1.54, 1.807) is 18.4 Å². The molecule has 4 rings (SSSR count). The average molecular weight is 429 g/mol. The third-order valence-corrected chi connectivity index (χ3v) is 6.26. The van der Waals surface area contributed by atoms with E-state index in [4.69, 9.17) is 9.72 Å². The zero-order valence-electron chi connectivity index (χ0n) is 14.7. The molecule has 0 saturated carbocycles. The number of likely N-dealkylation sites (tertiary alicyclic amines) is 1. The second kappa shape index (κ2) is 7.91. The maximum absolute atomic E-state index is 5.40. The SMILES string of the molecule is COc1cccc(C2CCCN2Cc2csc(-c3cccc(Br)c3)n2)c1. The molecular weight excluding hydrogens is 408 g/mol. The predicted octanol–water partition coefficient (Wildman–Crippen LogP) is 5.92. The van der Waals surface area contributed by atoms with Gasteiger partial charge in [0, 0.05) is 28.0 Å². The molecule has 1 fully saturated rings. The van der Waals surface area contributed by atoms with Crippen LogP contribution in [0, 0.1) is 0 Å². The molecule has 5 heteroatoms. The first-order chi connectivity index (χ1) is 12.7. The third-order valence-electron chi connectivity index (χ3n) is 4.83. The highest BCUT2D eigenvalue weighted by molar-refractivity contribution is 9.10. The minimum Gasteiger partial charge on any atom is -0.497 e. The van der Waals surface area contributed by atoms with Gasteiger partial charge in [0.15, 0.2) is 0 Å². The molecule has 1 aliphatic rings. The van der Waals surface area contributed by atoms with Crippen molar-refractivity contribution in [2.75, 3.05) is 13.7 Å². The van der Waals surface area contributed by atoms with Crippen LogP contribution in [0.1, 0.15) is 30.1 Å². The number of hydrogen-bond acceptors (Lipinski definition) is 4. The number of aromatic nitrogens is 1. The van der Waals surface area contributed by atoms with Gasteiger partial charge in [-0.15, -0.1) is 11.3 Å². The molecular formula is C21H21BrN2OS. The van der Waals surface area contributed by atoms with Gasteiger partial charge in [-0.05, 0) is 49.2 Å². The van der Waals surface area contributed by atoms with E-state index in [-0.39, 0.29) is 0 Å². The van der Waals surface area contributed by atoms with E-state index in [0.717, 1.165) is 34.0 Å². The van der Waals surface area contributed by atoms with Crippen LogP contribution in [0.25, 0.3) is 10.6 Å². The number of halogens is 1. The van der Waals surface area contributed by atoms with E-state index in [0.29, 0.717) is 6.04 Å². The van der Waals surface area contributed by atoms with Crippen LogP contribution in [0.5, 0.6) is 5.75 Å². The summed E-state index contributed by atoms with van der Waals surface area (Å²) < 4.78 is 6.48. The molecule has 1 atom stereocenters. The molecule has 0 N–H and O–H groups in total. The number of methoxy groups -OCH3 is 1. The minimum absolute atomic E-state index is 0.445. The molecule has 1 saturated heterocycles. The Hall–Kier alpha value is -1.69. The predicted molar refractivity (Wildman–Crippen MR) is 111 cm³/mol. The lowest BCUT2D eigenvalue weighted by Gasteiger charge is -2.24. The molecule has 0 bridgehead atoms. The lowest BCUT2D eigenvalue weighted by molar-refractivity contribution is 0.245. The van der Waals surface area contributed by atoms with Crippen molar-refractivity contribution in [3.05, 3.63) is 69.6 Å². The number of rotatable bonds is 5. The van der Waals surface area contributed by atoms with Crippen molar-refractivity contribution in [1.29, 1.82) is 0 Å². The number of thiazole rings is 1. The molecule has 3 aromatic rings. The highest BCUT2D eigenvalue weighted by Crippen LogP contribution is 2.35. The number of nitrogens with zero attached hydrogens (tertiary/aromatic N) is 2. The van der Waals surface area contributed by atoms with Crippen LogP contribution in [0.2, 0.25) is 0 Å². The first-order valence-corrected chi connectivity index (χ1v) is 10.5. The highest BCUT2D eigenvalue weighted by atomic mass is 79.9. The number of ether oxygens (including phenoxy) is 1. The van der Waals surface area contributed by atoms with E-state index < -0.39 is 0 Å². The van der Waals surface area contributed by atoms with Crippen molar-refractivity contribution in [3.8, 4) is 16.3 Å². The van der Waals surface area contributed by atoms with Crippen LogP contribution in [0.4, 0.5) is 0 Å². The monoisotopic (exact) mass is 428 g/mol. The fraction of sp³-hybridized carbons (Fsp3) is 0.286. The van der Waals surface area contributed by atoms with Crippen LogP contribution in [0.15, 0.2) is 58.4 Å². The van der Waals surface area contributed by atoms with Crippen molar-refractivity contribution in [1.82, 2.24) is 9.88 Å². The molecule has 2 heterocycles. The summed E-state index contributed by atoms with van der Waals surface area (Å²) in [5.74, 6) is 0.931. The van der Waals surface area contributed by atoms with Gasteiger partial charge in [0.1, 0.15) is 10.8 Å². The van der Waals surface area contributed by atoms with Crippen LogP contribution < -0.4 is 4.74 Å². The molecule has 134 valence electrons. The summed E-state index contributed by atoms with van der Waals surface area (Å²) in [4.78, 5) is 7.41. The summed E-state index contributed by atoms with van der Waals surface area (Å²) in [5.41, 5.74) is 3.66. The van der Waals surface area contributed by atoms with Crippen molar-refractivity contribution in [3.63, 3.8) is 0 Å². The Morgan fingerprint density at radius 3 is 2.96 bits per heavy atom. The van der Waals surface area contributed by atoms with Gasteiger partial charge >= 0.3 is 0 Å². The van der Waals surface area contributed by atoms with E-state index in [2.05, 4.69) is 62.6 Å². The minimum atomic E-state index is 0.445. The Kier molecular flexibility index (Phi) is 5.38. The summed E-state index contributed by atoms with van der Waals surface area (Å²) in [5, 5.41) is 3.27. The smallest absolute Gasteiger partial charge is 0.123 e. The molecule has 3 nitrogen and oxygen atoms in total. The molecule has 1 aliphatic heterocycles. The molecule has 1 aromatic heterocycles. The standard InChI is InChI=1S/C21H21BrN2OS/c1-25-19-8-3-5-15(12-19)20-9-4-10-24(20)13-18-14-26-21(23-18)16-6-2-7-17(22)11-16/h2-3,5-8,11-12,14,20H,4,9-10,13H2,1H3. The first-order valence-electron chi connectivity index (χ1n) is 8.81. The van der Waals surface area contributed by atoms with Crippen molar-refractivity contribution < 1.29 is 4.74 Å². The molecule has 0 amide bonds. The van der Waals surface area contributed by atoms with Gasteiger partial charge in [-0.3, -0.25) is 4.90 Å². The van der Waals surface area contributed by atoms with Gasteiger partial charge in [-0.1, -0.05) is 40.2 Å². The zero-order valence-corrected chi connectivity index (χ0v) is 17.1. The Labute approximate surface area is 166 Å². The number of hydrogen-bond donors (Lipinski definition) is 0. The maximum Gasteiger partial charge on any atom is 0.123 e. The third kappa shape index (κ3) is 3.85. The zero-order chi connectivity index (χ0) is 17.9. The molecule has 2 aromatic carbocycles. The first kappa shape index (κ1) is 17.7. The highest BCUT2D eigenvalue weighted by Gasteiger charge is 2.26. The summed E-state index contributed by atoms with van der Waals surface area (Å²) in [6.45, 7) is 2.01. The second-order valence-corrected chi connectivity index (χ2v) is 8.33. The normalized spacial score (nSPS) is 17.5. The van der Waals surface area contributed by atoms with Gasteiger partial charge in [0.05, 0.1) is 12.8 Å². The van der Waals surface area contributed by atoms with Crippen LogP contribution in [-0.4, -0.2) is 23.5 Å². The molecule has 0 radical (unpaired) electrons. The Bertz CT molecular complexity index is 895. The van der Waals surface area contributed by atoms with Gasteiger partial charge in [0.25, 0.3) is 0 Å². The second-order valence-electron chi connectivity index (χ2n) is 6.56. The van der Waals surface area contributed by atoms with E-state index >= 15 is 0 Å². The quantitative estimate of drug-likeness (QED) is 0.504. The Morgan fingerprint density at radius 2 is 2.12 bits per heavy atom. The van der Waals surface area contributed by atoms with E-state index in [9.17, 15) is 0 Å². The average Bonchev–Trinajstić information content (AvgIpc) is 3.32. The summed E-state index contributed by atoms with van der Waals surface area (Å²) in [7, 11) is 1.73. The summed E-state index contributed by atoms with van der Waals surface area (Å²) in [6, 6.07) is 17.2. The lowest BCUT2D eigenvalue weighted by atomic mass is 10.0. The Morgan fingerprint density at radius 1 is 1.23 bits per heavy atom. The maximum atomic E-state index is 5.40. The Balaban J connectivity index is 1.51. The van der Waals surface area contributed by atoms with E-state index in [1.807, 2.05) is 12.1 Å². The largest absolute Gasteiger partial charge is 0.497 e. The molecule has 1 unspecified atom stereocenters. The summed E-state index contributed by atoms with van der Waals surface area (Å²) in [6.07, 6.45) is 2.42. The van der Waals surface area contributed by atoms with Crippen LogP contribution in [-0.2, 0) is 6.54 Å². The van der Waals surface area contributed by atoms with Gasteiger partial charge in [-0.2, -0.15) is 0 Å². The van der Waals surface area contributed by atoms with Crippen LogP contribution in [0.3, 0.4) is 0 Å². The fourth-order valence-electron chi connectivity index (χ4n) is 3.58. The fourth-order valence-corrected chi connectivity index (χ4v) is 4.79. The topological polar surface area (TPSA) is 25.4 Å².